The minimum absolute atomic E-state index is 0.265. The lowest BCUT2D eigenvalue weighted by Crippen LogP contribution is -2.46. The van der Waals surface area contributed by atoms with Crippen LogP contribution in [0.1, 0.15) is 39.0 Å². The van der Waals surface area contributed by atoms with Gasteiger partial charge in [0.1, 0.15) is 0 Å². The van der Waals surface area contributed by atoms with Crippen molar-refractivity contribution in [2.45, 2.75) is 45.1 Å². The van der Waals surface area contributed by atoms with Gasteiger partial charge in [0, 0.05) is 25.7 Å². The van der Waals surface area contributed by atoms with Gasteiger partial charge in [-0.05, 0) is 63.1 Å². The van der Waals surface area contributed by atoms with E-state index in [9.17, 15) is 4.39 Å². The van der Waals surface area contributed by atoms with Crippen molar-refractivity contribution < 1.29 is 4.39 Å². The van der Waals surface area contributed by atoms with E-state index in [2.05, 4.69) is 21.1 Å². The summed E-state index contributed by atoms with van der Waals surface area (Å²) in [6.07, 6.45) is 8.00. The Morgan fingerprint density at radius 2 is 1.86 bits per heavy atom. The number of rotatable bonds is 3. The minimum Gasteiger partial charge on any atom is -0.300 e. The van der Waals surface area contributed by atoms with E-state index in [0.29, 0.717) is 6.54 Å². The lowest BCUT2D eigenvalue weighted by atomic mass is 9.95. The fourth-order valence-electron chi connectivity index (χ4n) is 3.43. The second-order valence-electron chi connectivity index (χ2n) is 6.50. The molecular formula is C16H26FN3S. The number of hydrogen-bond donors (Lipinski definition) is 0. The number of halogens is 1. The molecule has 2 fully saturated rings. The average molecular weight is 311 g/mol. The molecule has 3 rings (SSSR count). The van der Waals surface area contributed by atoms with Crippen LogP contribution < -0.4 is 0 Å². The lowest BCUT2D eigenvalue weighted by Gasteiger charge is -2.41. The monoisotopic (exact) mass is 311 g/mol. The van der Waals surface area contributed by atoms with E-state index < -0.39 is 0 Å². The highest BCUT2D eigenvalue weighted by atomic mass is 32.2. The first-order chi connectivity index (χ1) is 10.2. The third kappa shape index (κ3) is 4.08. The third-order valence-electron chi connectivity index (χ3n) is 4.90. The quantitative estimate of drug-likeness (QED) is 0.744. The lowest BCUT2D eigenvalue weighted by molar-refractivity contribution is 0.103. The SMILES string of the molecule is CC1CCN(C2CCN(SC3=CCCN=C3F)CC2)CC1. The van der Waals surface area contributed by atoms with Crippen molar-refractivity contribution in [2.75, 3.05) is 32.7 Å². The van der Waals surface area contributed by atoms with Gasteiger partial charge in [0.05, 0.1) is 4.91 Å². The molecule has 0 atom stereocenters. The number of hydrogen-bond acceptors (Lipinski definition) is 4. The summed E-state index contributed by atoms with van der Waals surface area (Å²) in [7, 11) is 0. The van der Waals surface area contributed by atoms with Gasteiger partial charge in [-0.3, -0.25) is 4.99 Å². The summed E-state index contributed by atoms with van der Waals surface area (Å²) in [5.41, 5.74) is 0. The van der Waals surface area contributed by atoms with Crippen molar-refractivity contribution in [3.63, 3.8) is 0 Å². The molecule has 0 aliphatic carbocycles. The predicted molar refractivity (Wildman–Crippen MR) is 88.3 cm³/mol. The normalized spacial score (nSPS) is 27.5. The molecular weight excluding hydrogens is 285 g/mol. The minimum atomic E-state index is -0.265. The first kappa shape index (κ1) is 15.5. The van der Waals surface area contributed by atoms with Crippen LogP contribution in [0.3, 0.4) is 0 Å². The zero-order valence-electron chi connectivity index (χ0n) is 12.9. The highest BCUT2D eigenvalue weighted by Gasteiger charge is 2.28. The summed E-state index contributed by atoms with van der Waals surface area (Å²) in [6, 6.07) is 0.744. The highest BCUT2D eigenvalue weighted by molar-refractivity contribution is 8.01. The first-order valence-corrected chi connectivity index (χ1v) is 9.07. The predicted octanol–water partition coefficient (Wildman–Crippen LogP) is 3.49. The molecule has 0 aromatic carbocycles. The fraction of sp³-hybridized carbons (Fsp3) is 0.812. The summed E-state index contributed by atoms with van der Waals surface area (Å²) in [5, 5.41) is 0. The summed E-state index contributed by atoms with van der Waals surface area (Å²) >= 11 is 1.57. The molecule has 0 spiro atoms. The van der Waals surface area contributed by atoms with Gasteiger partial charge in [0.15, 0.2) is 0 Å². The van der Waals surface area contributed by atoms with Crippen LogP contribution in [0.15, 0.2) is 16.0 Å². The van der Waals surface area contributed by atoms with E-state index in [1.165, 1.54) is 38.8 Å². The van der Waals surface area contributed by atoms with Crippen molar-refractivity contribution in [3.8, 4) is 0 Å². The van der Waals surface area contributed by atoms with E-state index in [4.69, 9.17) is 0 Å². The van der Waals surface area contributed by atoms with Gasteiger partial charge in [-0.15, -0.1) is 0 Å². The highest BCUT2D eigenvalue weighted by Crippen LogP contribution is 2.31. The second kappa shape index (κ2) is 7.25. The molecule has 3 aliphatic rings. The van der Waals surface area contributed by atoms with Gasteiger partial charge in [-0.2, -0.15) is 4.39 Å². The van der Waals surface area contributed by atoms with Crippen molar-refractivity contribution in [3.05, 3.63) is 11.0 Å². The molecule has 0 saturated carbocycles. The van der Waals surface area contributed by atoms with E-state index in [0.717, 1.165) is 36.4 Å². The topological polar surface area (TPSA) is 18.8 Å². The summed E-state index contributed by atoms with van der Waals surface area (Å²) in [5.74, 6) is 0.635. The van der Waals surface area contributed by atoms with Crippen LogP contribution in [0.2, 0.25) is 0 Å². The van der Waals surface area contributed by atoms with Crippen LogP contribution in [-0.4, -0.2) is 53.9 Å². The number of dihydropyridines is 1. The van der Waals surface area contributed by atoms with E-state index in [1.54, 1.807) is 11.9 Å². The van der Waals surface area contributed by atoms with Crippen LogP contribution in [0.5, 0.6) is 0 Å². The van der Waals surface area contributed by atoms with Crippen LogP contribution in [0, 0.1) is 5.92 Å². The van der Waals surface area contributed by atoms with Crippen LogP contribution >= 0.6 is 11.9 Å². The molecule has 0 unspecified atom stereocenters. The Labute approximate surface area is 131 Å². The molecule has 118 valence electrons. The molecule has 0 N–H and O–H groups in total. The maximum absolute atomic E-state index is 13.6. The molecule has 3 heterocycles. The van der Waals surface area contributed by atoms with Gasteiger partial charge in [0.25, 0.3) is 0 Å². The van der Waals surface area contributed by atoms with Crippen molar-refractivity contribution in [2.24, 2.45) is 10.9 Å². The Morgan fingerprint density at radius 1 is 1.14 bits per heavy atom. The summed E-state index contributed by atoms with van der Waals surface area (Å²) in [4.78, 5) is 7.31. The zero-order chi connectivity index (χ0) is 14.7. The fourth-order valence-corrected chi connectivity index (χ4v) is 4.43. The molecule has 5 heteroatoms. The maximum Gasteiger partial charge on any atom is 0.223 e. The number of likely N-dealkylation sites (tertiary alicyclic amines) is 1. The molecule has 3 nitrogen and oxygen atoms in total. The van der Waals surface area contributed by atoms with Crippen molar-refractivity contribution in [1.82, 2.24) is 9.21 Å². The van der Waals surface area contributed by atoms with Gasteiger partial charge >= 0.3 is 0 Å². The summed E-state index contributed by atoms with van der Waals surface area (Å²) < 4.78 is 15.9. The molecule has 21 heavy (non-hydrogen) atoms. The summed E-state index contributed by atoms with van der Waals surface area (Å²) in [6.45, 7) is 7.63. The van der Waals surface area contributed by atoms with Gasteiger partial charge in [0.2, 0.25) is 5.97 Å². The second-order valence-corrected chi connectivity index (χ2v) is 7.64. The van der Waals surface area contributed by atoms with Gasteiger partial charge < -0.3 is 4.90 Å². The largest absolute Gasteiger partial charge is 0.300 e. The first-order valence-electron chi connectivity index (χ1n) is 8.30. The molecule has 0 aromatic rings. The Hall–Kier alpha value is -0.390. The van der Waals surface area contributed by atoms with Crippen LogP contribution in [0.4, 0.5) is 4.39 Å². The molecule has 0 aromatic heterocycles. The zero-order valence-corrected chi connectivity index (χ0v) is 13.7. The smallest absolute Gasteiger partial charge is 0.223 e. The molecule has 3 aliphatic heterocycles. The number of nitrogens with zero attached hydrogens (tertiary/aromatic N) is 3. The van der Waals surface area contributed by atoms with Crippen LogP contribution in [-0.2, 0) is 0 Å². The third-order valence-corrected chi connectivity index (χ3v) is 6.05. The number of piperidine rings is 2. The Morgan fingerprint density at radius 3 is 2.52 bits per heavy atom. The Bertz CT molecular complexity index is 408. The van der Waals surface area contributed by atoms with E-state index in [-0.39, 0.29) is 5.97 Å². The molecule has 0 radical (unpaired) electrons. The number of allylic oxidation sites excluding steroid dienone is 1. The molecule has 0 bridgehead atoms. The van der Waals surface area contributed by atoms with Crippen molar-refractivity contribution >= 4 is 17.9 Å². The van der Waals surface area contributed by atoms with Crippen molar-refractivity contribution in [1.29, 1.82) is 0 Å². The van der Waals surface area contributed by atoms with Gasteiger partial charge in [-0.1, -0.05) is 13.0 Å². The number of aliphatic imine (C=N–C) groups is 1. The standard InChI is InChI=1S/C16H26FN3S/c1-13-4-9-19(10-5-13)14-6-11-20(12-7-14)21-15-3-2-8-18-16(15)17/h3,13-14H,2,4-12H2,1H3. The average Bonchev–Trinajstić information content (AvgIpc) is 2.51. The van der Waals surface area contributed by atoms with E-state index >= 15 is 0 Å². The van der Waals surface area contributed by atoms with Crippen LogP contribution in [0.25, 0.3) is 0 Å². The van der Waals surface area contributed by atoms with Gasteiger partial charge in [-0.25, -0.2) is 4.31 Å². The molecule has 2 saturated heterocycles. The Balaban J connectivity index is 1.45. The molecule has 0 amide bonds. The maximum atomic E-state index is 13.6. The van der Waals surface area contributed by atoms with E-state index in [1.807, 2.05) is 6.08 Å². The Kier molecular flexibility index (Phi) is 5.35.